The minimum Gasteiger partial charge on any atom is -0.441 e. The third-order valence-electron chi connectivity index (χ3n) is 6.96. The number of rotatable bonds is 4. The predicted octanol–water partition coefficient (Wildman–Crippen LogP) is 5.66. The van der Waals surface area contributed by atoms with E-state index in [-0.39, 0.29) is 12.2 Å². The number of nitrogens with zero attached hydrogens (tertiary/aromatic N) is 2. The van der Waals surface area contributed by atoms with Crippen molar-refractivity contribution in [3.63, 3.8) is 0 Å². The molecular formula is C29H28F2N2O4. The van der Waals surface area contributed by atoms with Gasteiger partial charge in [0.15, 0.2) is 0 Å². The molecule has 192 valence electrons. The van der Waals surface area contributed by atoms with Crippen molar-refractivity contribution in [2.45, 2.75) is 38.8 Å². The second-order valence-electron chi connectivity index (χ2n) is 9.59. The number of carbonyl (C=O) groups is 1. The molecule has 0 aliphatic carbocycles. The van der Waals surface area contributed by atoms with Gasteiger partial charge < -0.3 is 4.74 Å². The molecule has 3 aromatic carbocycles. The van der Waals surface area contributed by atoms with Crippen LogP contribution in [0.5, 0.6) is 0 Å². The second kappa shape index (κ2) is 11.0. The van der Waals surface area contributed by atoms with Gasteiger partial charge in [-0.05, 0) is 65.9 Å². The molecule has 0 saturated carbocycles. The quantitative estimate of drug-likeness (QED) is 0.457. The van der Waals surface area contributed by atoms with Gasteiger partial charge in [-0.25, -0.2) is 13.6 Å². The Labute approximate surface area is 214 Å². The lowest BCUT2D eigenvalue weighted by molar-refractivity contribution is -0.191. The first kappa shape index (κ1) is 26.2. The molecule has 0 radical (unpaired) electrons. The Morgan fingerprint density at radius 2 is 1.49 bits per heavy atom. The number of para-hydroxylation sites is 1. The number of hydrogen-bond acceptors (Lipinski definition) is 5. The van der Waals surface area contributed by atoms with Crippen LogP contribution in [0.25, 0.3) is 11.1 Å². The fraction of sp³-hybridized carbons (Fsp3) is 0.310. The largest absolute Gasteiger partial charge is 0.441 e. The van der Waals surface area contributed by atoms with E-state index in [0.29, 0.717) is 12.1 Å². The van der Waals surface area contributed by atoms with Crippen LogP contribution in [0.2, 0.25) is 0 Å². The second-order valence-corrected chi connectivity index (χ2v) is 9.59. The van der Waals surface area contributed by atoms with Gasteiger partial charge in [0.25, 0.3) is 0 Å². The van der Waals surface area contributed by atoms with Crippen molar-refractivity contribution in [1.29, 1.82) is 0 Å². The molecule has 0 N–H and O–H groups in total. The van der Waals surface area contributed by atoms with Gasteiger partial charge in [-0.1, -0.05) is 30.3 Å². The average Bonchev–Trinajstić information content (AvgIpc) is 3.16. The van der Waals surface area contributed by atoms with Crippen LogP contribution in [-0.2, 0) is 20.9 Å². The van der Waals surface area contributed by atoms with Crippen molar-refractivity contribution in [2.24, 2.45) is 0 Å². The van der Waals surface area contributed by atoms with Crippen molar-refractivity contribution in [3.8, 4) is 11.1 Å². The van der Waals surface area contributed by atoms with E-state index in [1.165, 1.54) is 17.7 Å². The first-order chi connectivity index (χ1) is 17.7. The highest BCUT2D eigenvalue weighted by Crippen LogP contribution is 2.36. The van der Waals surface area contributed by atoms with Crippen LogP contribution >= 0.6 is 0 Å². The zero-order chi connectivity index (χ0) is 26.6. The molecule has 2 saturated heterocycles. The average molecular weight is 507 g/mol. The highest BCUT2D eigenvalue weighted by molar-refractivity contribution is 5.90. The predicted molar refractivity (Wildman–Crippen MR) is 134 cm³/mol. The first-order valence-corrected chi connectivity index (χ1v) is 12.1. The Bertz CT molecular complexity index is 1270. The lowest BCUT2D eigenvalue weighted by Crippen LogP contribution is -2.46. The van der Waals surface area contributed by atoms with Crippen LogP contribution in [0.1, 0.15) is 29.5 Å². The number of carbonyl (C=O) groups excluding carboxylic acids is 3. The summed E-state index contributed by atoms with van der Waals surface area (Å²) in [5, 5.41) is 0. The van der Waals surface area contributed by atoms with Crippen molar-refractivity contribution in [3.05, 3.63) is 89.0 Å². The number of anilines is 1. The van der Waals surface area contributed by atoms with Gasteiger partial charge >= 0.3 is 12.2 Å². The molecule has 1 amide bonds. The number of likely N-dealkylation sites (tertiary alicyclic amines) is 1. The summed E-state index contributed by atoms with van der Waals surface area (Å²) in [4.78, 5) is 32.9. The molecule has 2 fully saturated rings. The van der Waals surface area contributed by atoms with Gasteiger partial charge in [0.2, 0.25) is 0 Å². The van der Waals surface area contributed by atoms with Crippen LogP contribution in [0.3, 0.4) is 0 Å². The number of ether oxygens (including phenoxy) is 1. The fourth-order valence-electron chi connectivity index (χ4n) is 5.36. The van der Waals surface area contributed by atoms with Crippen LogP contribution in [0.15, 0.2) is 60.7 Å². The molecule has 5 rings (SSSR count). The third kappa shape index (κ3) is 5.93. The summed E-state index contributed by atoms with van der Waals surface area (Å²) < 4.78 is 33.4. The fourth-order valence-corrected chi connectivity index (χ4v) is 5.36. The molecule has 2 aliphatic heterocycles. The summed E-state index contributed by atoms with van der Waals surface area (Å²) in [5.41, 5.74) is 5.04. The third-order valence-corrected chi connectivity index (χ3v) is 6.96. The number of benzene rings is 3. The van der Waals surface area contributed by atoms with E-state index in [0.717, 1.165) is 60.9 Å². The van der Waals surface area contributed by atoms with Crippen LogP contribution < -0.4 is 4.90 Å². The van der Waals surface area contributed by atoms with E-state index in [1.54, 1.807) is 4.90 Å². The summed E-state index contributed by atoms with van der Waals surface area (Å²) in [6, 6.07) is 17.5. The van der Waals surface area contributed by atoms with Gasteiger partial charge in [-0.3, -0.25) is 9.80 Å². The summed E-state index contributed by atoms with van der Waals surface area (Å²) in [5.74, 6) is -1.14. The maximum atomic E-state index is 13.8. The monoisotopic (exact) mass is 506 g/mol. The van der Waals surface area contributed by atoms with Crippen molar-refractivity contribution < 1.29 is 27.9 Å². The Hall–Kier alpha value is -3.87. The van der Waals surface area contributed by atoms with Crippen molar-refractivity contribution in [1.82, 2.24) is 4.90 Å². The van der Waals surface area contributed by atoms with E-state index >= 15 is 0 Å². The Balaban J connectivity index is 0.00000102. The van der Waals surface area contributed by atoms with E-state index in [1.807, 2.05) is 44.2 Å². The molecule has 6 nitrogen and oxygen atoms in total. The molecule has 1 spiro atoms. The number of hydrogen-bond donors (Lipinski definition) is 0. The van der Waals surface area contributed by atoms with E-state index < -0.39 is 17.2 Å². The zero-order valence-electron chi connectivity index (χ0n) is 20.8. The SMILES string of the molecule is Cc1cc(CN2CCC3(CC2)CN(c2ccccc2)C(=O)O3)cc(C)c1-c1cc(F)cc(F)c1.O=C=O. The van der Waals surface area contributed by atoms with Crippen molar-refractivity contribution in [2.75, 3.05) is 24.5 Å². The lowest BCUT2D eigenvalue weighted by atomic mass is 9.90. The molecule has 37 heavy (non-hydrogen) atoms. The highest BCUT2D eigenvalue weighted by atomic mass is 19.1. The lowest BCUT2D eigenvalue weighted by Gasteiger charge is -2.37. The van der Waals surface area contributed by atoms with Gasteiger partial charge in [0.1, 0.15) is 17.2 Å². The number of aryl methyl sites for hydroxylation is 2. The maximum absolute atomic E-state index is 13.8. The smallest absolute Gasteiger partial charge is 0.415 e. The molecule has 0 atom stereocenters. The van der Waals surface area contributed by atoms with Gasteiger partial charge in [-0.15, -0.1) is 0 Å². The summed E-state index contributed by atoms with van der Waals surface area (Å²) >= 11 is 0. The molecule has 0 bridgehead atoms. The van der Waals surface area contributed by atoms with E-state index in [4.69, 9.17) is 14.3 Å². The van der Waals surface area contributed by atoms with Crippen molar-refractivity contribution >= 4 is 17.9 Å². The molecule has 2 aliphatic rings. The van der Waals surface area contributed by atoms with Gasteiger partial charge in [0, 0.05) is 44.2 Å². The molecule has 8 heteroatoms. The summed E-state index contributed by atoms with van der Waals surface area (Å²) in [6.45, 7) is 7.01. The molecular weight excluding hydrogens is 478 g/mol. The number of amides is 1. The Morgan fingerprint density at radius 1 is 0.919 bits per heavy atom. The van der Waals surface area contributed by atoms with Gasteiger partial charge in [-0.2, -0.15) is 9.59 Å². The van der Waals surface area contributed by atoms with E-state index in [9.17, 15) is 13.6 Å². The summed E-state index contributed by atoms with van der Waals surface area (Å²) in [7, 11) is 0. The standard InChI is InChI=1S/C28H28F2N2O2.CO2/c1-19-12-21(13-20(2)26(19)22-14-23(29)16-24(30)15-22)17-31-10-8-28(9-11-31)18-32(27(33)34-28)25-6-4-3-5-7-25;2-1-3/h3-7,12-16H,8-11,17-18H2,1-2H3;. The molecule has 0 unspecified atom stereocenters. The van der Waals surface area contributed by atoms with Crippen LogP contribution in [0, 0.1) is 25.5 Å². The Morgan fingerprint density at radius 3 is 2.05 bits per heavy atom. The normalized spacial score (nSPS) is 16.6. The summed E-state index contributed by atoms with van der Waals surface area (Å²) in [6.07, 6.45) is 1.57. The molecule has 0 aromatic heterocycles. The minimum absolute atomic E-state index is 0.250. The van der Waals surface area contributed by atoms with E-state index in [2.05, 4.69) is 17.0 Å². The zero-order valence-corrected chi connectivity index (χ0v) is 20.8. The first-order valence-electron chi connectivity index (χ1n) is 12.1. The Kier molecular flexibility index (Phi) is 7.81. The van der Waals surface area contributed by atoms with Gasteiger partial charge in [0.05, 0.1) is 6.54 Å². The maximum Gasteiger partial charge on any atom is 0.415 e. The number of piperidine rings is 1. The molecule has 3 aromatic rings. The minimum atomic E-state index is -0.571. The van der Waals surface area contributed by atoms with Crippen LogP contribution in [0.4, 0.5) is 19.3 Å². The highest BCUT2D eigenvalue weighted by Gasteiger charge is 2.47. The topological polar surface area (TPSA) is 66.9 Å². The van der Waals surface area contributed by atoms with Crippen LogP contribution in [-0.4, -0.2) is 42.4 Å². The molecule has 2 heterocycles. The number of halogens is 2.